The Bertz CT molecular complexity index is 1220. The van der Waals surface area contributed by atoms with Gasteiger partial charge in [-0.15, -0.1) is 0 Å². The van der Waals surface area contributed by atoms with Crippen LogP contribution in [0.25, 0.3) is 10.9 Å². The molecule has 0 bridgehead atoms. The third-order valence-electron chi connectivity index (χ3n) is 6.11. The van der Waals surface area contributed by atoms with Gasteiger partial charge in [0.05, 0.1) is 22.8 Å². The predicted molar refractivity (Wildman–Crippen MR) is 146 cm³/mol. The number of carbonyl (C=O) groups excluding carboxylic acids is 1. The monoisotopic (exact) mass is 527 g/mol. The molecule has 0 saturated heterocycles. The number of fused-ring (bicyclic) bond motifs is 1. The zero-order chi connectivity index (χ0) is 26.2. The van der Waals surface area contributed by atoms with E-state index in [1.165, 1.54) is 0 Å². The smallest absolute Gasteiger partial charge is 0.319 e. The van der Waals surface area contributed by atoms with E-state index in [9.17, 15) is 4.79 Å². The molecule has 0 aliphatic heterocycles. The fraction of sp³-hybridized carbons (Fsp3) is 0.407. The van der Waals surface area contributed by atoms with Crippen LogP contribution < -0.4 is 30.6 Å². The first kappa shape index (κ1) is 26.8. The Hall–Kier alpha value is -3.27. The lowest BCUT2D eigenvalue weighted by Gasteiger charge is -2.18. The molecule has 37 heavy (non-hydrogen) atoms. The normalized spacial score (nSPS) is 13.0. The number of hydrogen-bond donors (Lipinski definition) is 3. The molecule has 1 aromatic heterocycles. The molecular weight excluding hydrogens is 494 g/mol. The molecule has 2 aromatic carbocycles. The summed E-state index contributed by atoms with van der Waals surface area (Å²) in [6.45, 7) is 7.86. The molecule has 4 rings (SSSR count). The highest BCUT2D eigenvalue weighted by atomic mass is 35.5. The number of halogens is 1. The van der Waals surface area contributed by atoms with E-state index >= 15 is 0 Å². The number of ether oxygens (including phenoxy) is 3. The van der Waals surface area contributed by atoms with Crippen LogP contribution in [0.15, 0.2) is 42.6 Å². The Balaban J connectivity index is 1.48. The van der Waals surface area contributed by atoms with Gasteiger partial charge in [-0.3, -0.25) is 10.7 Å². The fourth-order valence-electron chi connectivity index (χ4n) is 3.90. The second-order valence-electron chi connectivity index (χ2n) is 8.78. The number of rotatable bonds is 13. The van der Waals surface area contributed by atoms with Crippen molar-refractivity contribution in [2.24, 2.45) is 5.73 Å². The van der Waals surface area contributed by atoms with E-state index < -0.39 is 0 Å². The molecular formula is C27H34ClN5O4. The third-order valence-corrected chi connectivity index (χ3v) is 6.42. The van der Waals surface area contributed by atoms with Crippen molar-refractivity contribution in [3.05, 3.63) is 47.6 Å². The van der Waals surface area contributed by atoms with Gasteiger partial charge in [0.15, 0.2) is 11.5 Å². The molecule has 1 aliphatic rings. The average Bonchev–Trinajstić information content (AvgIpc) is 3.70. The summed E-state index contributed by atoms with van der Waals surface area (Å²) in [6.07, 6.45) is 4.59. The van der Waals surface area contributed by atoms with Gasteiger partial charge in [-0.25, -0.2) is 4.79 Å². The van der Waals surface area contributed by atoms with Gasteiger partial charge in [0.1, 0.15) is 18.2 Å². The highest BCUT2D eigenvalue weighted by Gasteiger charge is 2.23. The second kappa shape index (κ2) is 12.8. The largest absolute Gasteiger partial charge is 0.490 e. The first-order valence-corrected chi connectivity index (χ1v) is 13.0. The van der Waals surface area contributed by atoms with E-state index in [1.807, 2.05) is 12.1 Å². The maximum atomic E-state index is 12.0. The number of nitrogens with two attached hydrogens (primary N) is 1. The minimum Gasteiger partial charge on any atom is -0.490 e. The highest BCUT2D eigenvalue weighted by molar-refractivity contribution is 6.33. The van der Waals surface area contributed by atoms with Crippen molar-refractivity contribution in [2.75, 3.05) is 38.3 Å². The summed E-state index contributed by atoms with van der Waals surface area (Å²) in [5.74, 6) is 2.20. The van der Waals surface area contributed by atoms with Crippen LogP contribution in [0.5, 0.6) is 23.0 Å². The summed E-state index contributed by atoms with van der Waals surface area (Å²) in [6, 6.07) is 10.5. The first-order chi connectivity index (χ1) is 18.0. The van der Waals surface area contributed by atoms with Crippen molar-refractivity contribution in [1.82, 2.24) is 15.2 Å². The fourth-order valence-corrected chi connectivity index (χ4v) is 4.12. The van der Waals surface area contributed by atoms with Gasteiger partial charge in [0, 0.05) is 36.3 Å². The lowest BCUT2D eigenvalue weighted by molar-refractivity contribution is 0.237. The van der Waals surface area contributed by atoms with Crippen molar-refractivity contribution in [1.29, 1.82) is 0 Å². The molecule has 1 saturated carbocycles. The number of aromatic nitrogens is 1. The van der Waals surface area contributed by atoms with E-state index in [0.717, 1.165) is 44.3 Å². The SMILES string of the molecule is CCN(CC)CCCOc1cc2nccc(Oc3ccc(NC(=O)NC4CC4)c(Cl)c3)c2cc1OCN. The lowest BCUT2D eigenvalue weighted by atomic mass is 10.1. The van der Waals surface area contributed by atoms with Crippen LogP contribution in [-0.4, -0.2) is 54.9 Å². The minimum atomic E-state index is -0.267. The van der Waals surface area contributed by atoms with Crippen molar-refractivity contribution >= 4 is 34.2 Å². The van der Waals surface area contributed by atoms with Gasteiger partial charge in [-0.1, -0.05) is 25.4 Å². The Morgan fingerprint density at radius 2 is 1.89 bits per heavy atom. The number of benzene rings is 2. The molecule has 0 atom stereocenters. The molecule has 198 valence electrons. The molecule has 0 radical (unpaired) electrons. The maximum Gasteiger partial charge on any atom is 0.319 e. The molecule has 1 aliphatic carbocycles. The molecule has 1 heterocycles. The summed E-state index contributed by atoms with van der Waals surface area (Å²) in [7, 11) is 0. The van der Waals surface area contributed by atoms with Crippen LogP contribution in [-0.2, 0) is 0 Å². The Morgan fingerprint density at radius 3 is 2.59 bits per heavy atom. The van der Waals surface area contributed by atoms with Gasteiger partial charge in [0.25, 0.3) is 0 Å². The number of pyridine rings is 1. The zero-order valence-corrected chi connectivity index (χ0v) is 22.0. The van der Waals surface area contributed by atoms with Crippen LogP contribution >= 0.6 is 11.6 Å². The quantitative estimate of drug-likeness (QED) is 0.202. The van der Waals surface area contributed by atoms with E-state index in [2.05, 4.69) is 34.4 Å². The van der Waals surface area contributed by atoms with Crippen molar-refractivity contribution in [2.45, 2.75) is 39.2 Å². The van der Waals surface area contributed by atoms with Gasteiger partial charge in [-0.2, -0.15) is 0 Å². The number of anilines is 1. The molecule has 9 nitrogen and oxygen atoms in total. The number of amides is 2. The second-order valence-corrected chi connectivity index (χ2v) is 9.19. The van der Waals surface area contributed by atoms with Gasteiger partial charge < -0.3 is 29.7 Å². The molecule has 3 aromatic rings. The number of nitrogens with one attached hydrogen (secondary N) is 2. The summed E-state index contributed by atoms with van der Waals surface area (Å²) in [5, 5.41) is 6.75. The number of hydrogen-bond acceptors (Lipinski definition) is 7. The summed E-state index contributed by atoms with van der Waals surface area (Å²) in [4.78, 5) is 18.9. The molecule has 1 fully saturated rings. The Kier molecular flexibility index (Phi) is 9.27. The average molecular weight is 528 g/mol. The Labute approximate surface area is 222 Å². The number of carbonyl (C=O) groups is 1. The standard InChI is InChI=1S/C27H34ClN5O4/c1-3-33(4-2)12-5-13-35-26-16-23-20(15-25(26)36-17-29)24(10-11-30-23)37-19-8-9-22(21(28)14-19)32-27(34)31-18-6-7-18/h8-11,14-16,18H,3-7,12-13,17,29H2,1-2H3,(H2,31,32,34). The van der Waals surface area contributed by atoms with Gasteiger partial charge in [0.2, 0.25) is 0 Å². The van der Waals surface area contributed by atoms with Crippen LogP contribution in [0.2, 0.25) is 5.02 Å². The minimum absolute atomic E-state index is 0.0101. The topological polar surface area (TPSA) is 111 Å². The first-order valence-electron chi connectivity index (χ1n) is 12.7. The molecule has 0 spiro atoms. The van der Waals surface area contributed by atoms with E-state index in [1.54, 1.807) is 30.5 Å². The molecule has 4 N–H and O–H groups in total. The molecule has 0 unspecified atom stereocenters. The third kappa shape index (κ3) is 7.38. The number of urea groups is 1. The number of nitrogens with zero attached hydrogens (tertiary/aromatic N) is 2. The maximum absolute atomic E-state index is 12.0. The zero-order valence-electron chi connectivity index (χ0n) is 21.3. The van der Waals surface area contributed by atoms with Crippen LogP contribution in [0.1, 0.15) is 33.1 Å². The summed E-state index contributed by atoms with van der Waals surface area (Å²) >= 11 is 6.41. The highest BCUT2D eigenvalue weighted by Crippen LogP contribution is 2.38. The molecule has 2 amide bonds. The van der Waals surface area contributed by atoms with Crippen molar-refractivity contribution in [3.8, 4) is 23.0 Å². The predicted octanol–water partition coefficient (Wildman–Crippen LogP) is 5.37. The Morgan fingerprint density at radius 1 is 1.11 bits per heavy atom. The summed E-state index contributed by atoms with van der Waals surface area (Å²) in [5.41, 5.74) is 6.88. The van der Waals surface area contributed by atoms with E-state index in [0.29, 0.717) is 45.8 Å². The van der Waals surface area contributed by atoms with Crippen LogP contribution in [0.3, 0.4) is 0 Å². The van der Waals surface area contributed by atoms with Gasteiger partial charge >= 0.3 is 6.03 Å². The molecule has 10 heteroatoms. The summed E-state index contributed by atoms with van der Waals surface area (Å²) < 4.78 is 17.8. The van der Waals surface area contributed by atoms with Gasteiger partial charge in [-0.05, 0) is 56.6 Å². The van der Waals surface area contributed by atoms with Crippen molar-refractivity contribution < 1.29 is 19.0 Å². The van der Waals surface area contributed by atoms with E-state index in [-0.39, 0.29) is 18.8 Å². The van der Waals surface area contributed by atoms with Crippen molar-refractivity contribution in [3.63, 3.8) is 0 Å². The lowest BCUT2D eigenvalue weighted by Crippen LogP contribution is -2.30. The van der Waals surface area contributed by atoms with Crippen LogP contribution in [0, 0.1) is 0 Å². The van der Waals surface area contributed by atoms with Crippen LogP contribution in [0.4, 0.5) is 10.5 Å². The van der Waals surface area contributed by atoms with E-state index in [4.69, 9.17) is 31.5 Å².